The highest BCUT2D eigenvalue weighted by Crippen LogP contribution is 2.65. The molecule has 4 saturated heterocycles. The molecule has 0 aromatic carbocycles. The number of urea groups is 1. The molecule has 4 aliphatic heterocycles. The lowest BCUT2D eigenvalue weighted by Crippen LogP contribution is -2.70. The van der Waals surface area contributed by atoms with E-state index >= 15 is 0 Å². The van der Waals surface area contributed by atoms with Gasteiger partial charge in [-0.1, -0.05) is 34.6 Å². The van der Waals surface area contributed by atoms with Gasteiger partial charge in [0.05, 0.1) is 24.7 Å². The second-order valence-corrected chi connectivity index (χ2v) is 15.1. The van der Waals surface area contributed by atoms with Crippen LogP contribution < -0.4 is 16.0 Å². The van der Waals surface area contributed by atoms with Crippen molar-refractivity contribution >= 4 is 23.8 Å². The average Bonchev–Trinajstić information content (AvgIpc) is 3.53. The molecular weight excluding hydrogens is 512 g/mol. The second-order valence-electron chi connectivity index (χ2n) is 15.1. The normalized spacial score (nSPS) is 33.1. The number of nitrogens with one attached hydrogen (secondary N) is 3. The Bertz CT molecular complexity index is 1170. The molecule has 5 amide bonds. The minimum Gasteiger partial charge on any atom is -0.380 e. The Morgan fingerprint density at radius 2 is 1.85 bits per heavy atom. The number of carbonyl (C=O) groups is 4. The Balaban J connectivity index is 1.14. The molecule has 0 radical (unpaired) electrons. The summed E-state index contributed by atoms with van der Waals surface area (Å²) in [5.41, 5.74) is -0.705. The maximum atomic E-state index is 14.1. The first-order chi connectivity index (χ1) is 18.7. The van der Waals surface area contributed by atoms with E-state index in [1.165, 1.54) is 0 Å². The van der Waals surface area contributed by atoms with Gasteiger partial charge in [-0.3, -0.25) is 14.4 Å². The van der Waals surface area contributed by atoms with Gasteiger partial charge >= 0.3 is 6.03 Å². The molecule has 40 heavy (non-hydrogen) atoms. The standard InChI is InChI=1S/C29H42N6O5/c1-26(2,3)21(32-25(39)34-12-28(13-34)14-40-15-28)24(38)35-11-18-19(27(18,4)5)20(35)23(37)31-17(10-30)8-16-9-29(6-7-29)33-22(16)36/h16-21H,6-9,11-15H2,1-5H3,(H,31,37)(H,32,39)(H,33,36)/t16-,17+,18+,19+,20+,21-/m1/s1. The third-order valence-electron chi connectivity index (χ3n) is 10.5. The largest absolute Gasteiger partial charge is 0.380 e. The van der Waals surface area contributed by atoms with Crippen LogP contribution in [0.4, 0.5) is 4.79 Å². The van der Waals surface area contributed by atoms with Gasteiger partial charge in [-0.15, -0.1) is 0 Å². The summed E-state index contributed by atoms with van der Waals surface area (Å²) in [7, 11) is 0. The van der Waals surface area contributed by atoms with E-state index in [0.717, 1.165) is 12.8 Å². The van der Waals surface area contributed by atoms with Crippen LogP contribution in [0.25, 0.3) is 0 Å². The van der Waals surface area contributed by atoms with Crippen molar-refractivity contribution in [2.75, 3.05) is 32.8 Å². The van der Waals surface area contributed by atoms with Gasteiger partial charge in [0.15, 0.2) is 0 Å². The van der Waals surface area contributed by atoms with Gasteiger partial charge in [0.25, 0.3) is 0 Å². The van der Waals surface area contributed by atoms with Crippen LogP contribution in [0, 0.1) is 45.3 Å². The van der Waals surface area contributed by atoms with Crippen LogP contribution in [0.3, 0.4) is 0 Å². The number of hydrogen-bond donors (Lipinski definition) is 3. The van der Waals surface area contributed by atoms with E-state index in [1.54, 1.807) is 9.80 Å². The number of ether oxygens (including phenoxy) is 1. The van der Waals surface area contributed by atoms with Crippen LogP contribution in [0.15, 0.2) is 0 Å². The van der Waals surface area contributed by atoms with Crippen molar-refractivity contribution in [2.45, 2.75) is 84.0 Å². The summed E-state index contributed by atoms with van der Waals surface area (Å²) >= 11 is 0. The van der Waals surface area contributed by atoms with Crippen molar-refractivity contribution in [1.82, 2.24) is 25.8 Å². The number of carbonyl (C=O) groups excluding carboxylic acids is 4. The fraction of sp³-hybridized carbons (Fsp3) is 0.828. The van der Waals surface area contributed by atoms with Crippen LogP contribution >= 0.6 is 0 Å². The molecule has 3 N–H and O–H groups in total. The average molecular weight is 555 g/mol. The molecule has 0 aromatic rings. The highest BCUT2D eigenvalue weighted by molar-refractivity contribution is 5.94. The van der Waals surface area contributed by atoms with E-state index in [0.29, 0.717) is 39.3 Å². The lowest BCUT2D eigenvalue weighted by Gasteiger charge is -2.55. The molecule has 0 aromatic heterocycles. The lowest BCUT2D eigenvalue weighted by atomic mass is 9.78. The fourth-order valence-corrected chi connectivity index (χ4v) is 7.66. The van der Waals surface area contributed by atoms with Crippen molar-refractivity contribution in [3.05, 3.63) is 0 Å². The third kappa shape index (κ3) is 4.43. The van der Waals surface area contributed by atoms with Crippen molar-refractivity contribution in [3.63, 3.8) is 0 Å². The van der Waals surface area contributed by atoms with Crippen molar-refractivity contribution in [3.8, 4) is 6.07 Å². The Kier molecular flexibility index (Phi) is 6.02. The molecule has 218 valence electrons. The first-order valence-corrected chi connectivity index (χ1v) is 14.6. The molecule has 6 atom stereocenters. The molecule has 6 aliphatic rings. The van der Waals surface area contributed by atoms with Gasteiger partial charge in [0.1, 0.15) is 18.1 Å². The number of fused-ring (bicyclic) bond motifs is 1. The summed E-state index contributed by atoms with van der Waals surface area (Å²) in [6, 6.07) is -0.455. The Morgan fingerprint density at radius 3 is 2.38 bits per heavy atom. The van der Waals surface area contributed by atoms with E-state index in [-0.39, 0.29) is 64.3 Å². The summed E-state index contributed by atoms with van der Waals surface area (Å²) in [5.74, 6) is -0.822. The van der Waals surface area contributed by atoms with E-state index in [1.807, 2.05) is 20.8 Å². The number of nitrogens with zero attached hydrogens (tertiary/aromatic N) is 3. The molecule has 0 bridgehead atoms. The Labute approximate surface area is 235 Å². The first kappa shape index (κ1) is 27.3. The van der Waals surface area contributed by atoms with Gasteiger partial charge in [0, 0.05) is 31.1 Å². The number of rotatable bonds is 6. The van der Waals surface area contributed by atoms with Gasteiger partial charge < -0.3 is 30.5 Å². The van der Waals surface area contributed by atoms with Gasteiger partial charge in [-0.05, 0) is 48.3 Å². The van der Waals surface area contributed by atoms with E-state index in [9.17, 15) is 24.4 Å². The third-order valence-corrected chi connectivity index (χ3v) is 10.5. The summed E-state index contributed by atoms with van der Waals surface area (Å²) in [4.78, 5) is 56.7. The zero-order valence-electron chi connectivity index (χ0n) is 24.2. The van der Waals surface area contributed by atoms with E-state index in [4.69, 9.17) is 4.74 Å². The van der Waals surface area contributed by atoms with Crippen molar-refractivity contribution in [2.24, 2.45) is 34.0 Å². The van der Waals surface area contributed by atoms with Crippen molar-refractivity contribution < 1.29 is 23.9 Å². The van der Waals surface area contributed by atoms with Gasteiger partial charge in [-0.2, -0.15) is 5.26 Å². The summed E-state index contributed by atoms with van der Waals surface area (Å²) in [5, 5.41) is 18.8. The smallest absolute Gasteiger partial charge is 0.318 e. The molecule has 2 saturated carbocycles. The maximum absolute atomic E-state index is 14.1. The minimum absolute atomic E-state index is 0.0227. The summed E-state index contributed by atoms with van der Waals surface area (Å²) < 4.78 is 5.31. The quantitative estimate of drug-likeness (QED) is 0.447. The van der Waals surface area contributed by atoms with Crippen LogP contribution in [0.1, 0.15) is 60.3 Å². The number of piperidine rings is 1. The topological polar surface area (TPSA) is 144 Å². The molecule has 6 rings (SSSR count). The van der Waals surface area contributed by atoms with Crippen molar-refractivity contribution in [1.29, 1.82) is 5.26 Å². The number of hydrogen-bond acceptors (Lipinski definition) is 6. The summed E-state index contributed by atoms with van der Waals surface area (Å²) in [6.07, 6.45) is 2.89. The predicted molar refractivity (Wildman–Crippen MR) is 143 cm³/mol. The zero-order chi connectivity index (χ0) is 28.8. The van der Waals surface area contributed by atoms with Crippen LogP contribution in [0.5, 0.6) is 0 Å². The molecule has 6 fully saturated rings. The van der Waals surface area contributed by atoms with E-state index < -0.39 is 23.5 Å². The first-order valence-electron chi connectivity index (χ1n) is 14.6. The van der Waals surface area contributed by atoms with E-state index in [2.05, 4.69) is 35.9 Å². The minimum atomic E-state index is -0.817. The molecule has 2 spiro atoms. The van der Waals surface area contributed by atoms with Crippen LogP contribution in [0.2, 0.25) is 0 Å². The highest BCUT2D eigenvalue weighted by Gasteiger charge is 2.70. The Hall–Kier alpha value is -2.87. The predicted octanol–water partition coefficient (Wildman–Crippen LogP) is 0.993. The SMILES string of the molecule is CC(C)(C)[C@H](NC(=O)N1CC2(COC2)C1)C(=O)N1C[C@H]2[C@@H]([C@H]1C(=O)N[C@H](C#N)C[C@@H]1CC3(CC3)NC1=O)C2(C)C. The lowest BCUT2D eigenvalue weighted by molar-refractivity contribution is -0.175. The molecule has 4 heterocycles. The monoisotopic (exact) mass is 554 g/mol. The van der Waals surface area contributed by atoms with Crippen LogP contribution in [-0.4, -0.2) is 90.1 Å². The molecule has 11 heteroatoms. The number of likely N-dealkylation sites (tertiary alicyclic amines) is 2. The fourth-order valence-electron chi connectivity index (χ4n) is 7.66. The second kappa shape index (κ2) is 8.81. The van der Waals surface area contributed by atoms with Crippen LogP contribution in [-0.2, 0) is 19.1 Å². The molecule has 0 unspecified atom stereocenters. The molecular formula is C29H42N6O5. The Morgan fingerprint density at radius 1 is 1.18 bits per heavy atom. The summed E-state index contributed by atoms with van der Waals surface area (Å²) in [6.45, 7) is 12.9. The number of amides is 5. The zero-order valence-corrected chi connectivity index (χ0v) is 24.2. The number of nitriles is 1. The molecule has 2 aliphatic carbocycles. The van der Waals surface area contributed by atoms with Gasteiger partial charge in [-0.25, -0.2) is 4.79 Å². The molecule has 11 nitrogen and oxygen atoms in total. The highest BCUT2D eigenvalue weighted by atomic mass is 16.5. The van der Waals surface area contributed by atoms with Gasteiger partial charge in [0.2, 0.25) is 17.7 Å². The maximum Gasteiger partial charge on any atom is 0.318 e.